The summed E-state index contributed by atoms with van der Waals surface area (Å²) in [5.74, 6) is 3.40. The molecule has 1 N–H and O–H groups in total. The van der Waals surface area contributed by atoms with Crippen LogP contribution in [0.5, 0.6) is 0 Å². The fourth-order valence-corrected chi connectivity index (χ4v) is 3.72. The van der Waals surface area contributed by atoms with Gasteiger partial charge < -0.3 is 10.0 Å². The van der Waals surface area contributed by atoms with Crippen LogP contribution in [0.2, 0.25) is 5.15 Å². The zero-order chi connectivity index (χ0) is 13.0. The molecule has 3 unspecified atom stereocenters. The van der Waals surface area contributed by atoms with Gasteiger partial charge in [-0.05, 0) is 31.6 Å². The molecule has 1 saturated heterocycles. The molecule has 19 heavy (non-hydrogen) atoms. The van der Waals surface area contributed by atoms with Crippen LogP contribution in [0.1, 0.15) is 37.4 Å². The van der Waals surface area contributed by atoms with Gasteiger partial charge in [-0.25, -0.2) is 9.97 Å². The molecule has 4 rings (SSSR count). The van der Waals surface area contributed by atoms with Crippen LogP contribution in [0.15, 0.2) is 6.07 Å². The summed E-state index contributed by atoms with van der Waals surface area (Å²) in [7, 11) is 0. The molecule has 0 radical (unpaired) electrons. The maximum atomic E-state index is 9.99. The van der Waals surface area contributed by atoms with Gasteiger partial charge in [0.1, 0.15) is 16.8 Å². The van der Waals surface area contributed by atoms with Crippen LogP contribution in [0.4, 0.5) is 5.82 Å². The first-order chi connectivity index (χ1) is 9.20. The molecule has 3 aliphatic rings. The normalized spacial score (nSPS) is 33.8. The number of rotatable bonds is 2. The first-order valence-corrected chi connectivity index (χ1v) is 7.56. The van der Waals surface area contributed by atoms with Gasteiger partial charge in [0.05, 0.1) is 6.10 Å². The molecule has 2 saturated carbocycles. The number of hydrogen-bond donors (Lipinski definition) is 1. The van der Waals surface area contributed by atoms with Crippen molar-refractivity contribution in [2.75, 3.05) is 18.0 Å². The summed E-state index contributed by atoms with van der Waals surface area (Å²) in [6, 6.07) is 1.86. The smallest absolute Gasteiger partial charge is 0.135 e. The Hall–Kier alpha value is -0.870. The van der Waals surface area contributed by atoms with Crippen molar-refractivity contribution < 1.29 is 5.11 Å². The molecule has 0 spiro atoms. The first-order valence-electron chi connectivity index (χ1n) is 7.18. The number of halogens is 1. The average molecular weight is 280 g/mol. The Morgan fingerprint density at radius 1 is 1.16 bits per heavy atom. The van der Waals surface area contributed by atoms with Crippen LogP contribution >= 0.6 is 11.6 Å². The quantitative estimate of drug-likeness (QED) is 0.844. The highest BCUT2D eigenvalue weighted by molar-refractivity contribution is 6.29. The summed E-state index contributed by atoms with van der Waals surface area (Å²) in [5, 5.41) is 10.5. The highest BCUT2D eigenvalue weighted by Gasteiger charge is 2.42. The van der Waals surface area contributed by atoms with E-state index < -0.39 is 0 Å². The van der Waals surface area contributed by atoms with Crippen molar-refractivity contribution in [2.24, 2.45) is 11.8 Å². The molecule has 4 nitrogen and oxygen atoms in total. The fourth-order valence-electron chi connectivity index (χ4n) is 3.53. The lowest BCUT2D eigenvalue weighted by Gasteiger charge is -2.20. The second-order valence-electron chi connectivity index (χ2n) is 6.15. The highest BCUT2D eigenvalue weighted by Crippen LogP contribution is 2.42. The minimum Gasteiger partial charge on any atom is -0.393 e. The summed E-state index contributed by atoms with van der Waals surface area (Å²) in [5.41, 5.74) is 0. The van der Waals surface area contributed by atoms with Gasteiger partial charge in [0.2, 0.25) is 0 Å². The average Bonchev–Trinajstić information content (AvgIpc) is 3.06. The third-order valence-electron chi connectivity index (χ3n) is 4.78. The van der Waals surface area contributed by atoms with E-state index in [1.54, 1.807) is 0 Å². The van der Waals surface area contributed by atoms with Gasteiger partial charge in [-0.3, -0.25) is 0 Å². The second-order valence-corrected chi connectivity index (χ2v) is 6.54. The topological polar surface area (TPSA) is 49.2 Å². The van der Waals surface area contributed by atoms with Crippen molar-refractivity contribution in [1.82, 2.24) is 9.97 Å². The number of aliphatic hydroxyl groups is 1. The standard InChI is InChI=1S/C14H18ClN3O/c15-12-5-13(17-14(16-12)8-1-2-8)18-6-9-3-4-11(19)10(9)7-18/h5,8-11,19H,1-4,6-7H2. The third kappa shape index (κ3) is 2.11. The maximum Gasteiger partial charge on any atom is 0.135 e. The molecular formula is C14H18ClN3O. The Morgan fingerprint density at radius 2 is 2.00 bits per heavy atom. The van der Waals surface area contributed by atoms with Crippen molar-refractivity contribution in [1.29, 1.82) is 0 Å². The van der Waals surface area contributed by atoms with Crippen molar-refractivity contribution in [2.45, 2.75) is 37.7 Å². The number of aliphatic hydroxyl groups excluding tert-OH is 1. The van der Waals surface area contributed by atoms with E-state index in [0.29, 0.717) is 22.9 Å². The minimum atomic E-state index is -0.129. The SMILES string of the molecule is OC1CCC2CN(c3cc(Cl)nc(C4CC4)n3)CC12. The molecule has 0 amide bonds. The van der Waals surface area contributed by atoms with E-state index in [9.17, 15) is 5.11 Å². The van der Waals surface area contributed by atoms with Crippen molar-refractivity contribution >= 4 is 17.4 Å². The van der Waals surface area contributed by atoms with E-state index in [1.807, 2.05) is 6.07 Å². The number of nitrogens with zero attached hydrogens (tertiary/aromatic N) is 3. The van der Waals surface area contributed by atoms with Crippen molar-refractivity contribution in [3.63, 3.8) is 0 Å². The fraction of sp³-hybridized carbons (Fsp3) is 0.714. The lowest BCUT2D eigenvalue weighted by Crippen LogP contribution is -2.25. The van der Waals surface area contributed by atoms with Gasteiger partial charge >= 0.3 is 0 Å². The molecular weight excluding hydrogens is 262 g/mol. The Bertz CT molecular complexity index is 505. The monoisotopic (exact) mass is 279 g/mol. The van der Waals surface area contributed by atoms with E-state index in [2.05, 4.69) is 14.9 Å². The number of hydrogen-bond acceptors (Lipinski definition) is 4. The van der Waals surface area contributed by atoms with Gasteiger partial charge in [-0.15, -0.1) is 0 Å². The van der Waals surface area contributed by atoms with Crippen molar-refractivity contribution in [3.05, 3.63) is 17.0 Å². The van der Waals surface area contributed by atoms with Gasteiger partial charge in [0.25, 0.3) is 0 Å². The molecule has 2 heterocycles. The maximum absolute atomic E-state index is 9.99. The molecule has 3 atom stereocenters. The predicted molar refractivity (Wildman–Crippen MR) is 73.5 cm³/mol. The van der Waals surface area contributed by atoms with Crippen LogP contribution in [0.3, 0.4) is 0 Å². The molecule has 0 aromatic carbocycles. The predicted octanol–water partition coefficient (Wildman–Crippen LogP) is 2.21. The van der Waals surface area contributed by atoms with E-state index in [1.165, 1.54) is 12.8 Å². The molecule has 2 aliphatic carbocycles. The van der Waals surface area contributed by atoms with Crippen LogP contribution in [-0.4, -0.2) is 34.3 Å². The largest absolute Gasteiger partial charge is 0.393 e. The molecule has 102 valence electrons. The summed E-state index contributed by atoms with van der Waals surface area (Å²) in [4.78, 5) is 11.3. The number of anilines is 1. The van der Waals surface area contributed by atoms with Gasteiger partial charge in [0.15, 0.2) is 0 Å². The zero-order valence-electron chi connectivity index (χ0n) is 10.8. The molecule has 1 aromatic rings. The molecule has 5 heteroatoms. The number of fused-ring (bicyclic) bond motifs is 1. The molecule has 1 aliphatic heterocycles. The van der Waals surface area contributed by atoms with E-state index in [-0.39, 0.29) is 6.10 Å². The van der Waals surface area contributed by atoms with Gasteiger partial charge in [0, 0.05) is 31.0 Å². The Kier molecular flexibility index (Phi) is 2.71. The number of aromatic nitrogens is 2. The van der Waals surface area contributed by atoms with Gasteiger partial charge in [-0.1, -0.05) is 11.6 Å². The Morgan fingerprint density at radius 3 is 2.74 bits per heavy atom. The first kappa shape index (κ1) is 11.9. The van der Waals surface area contributed by atoms with E-state index >= 15 is 0 Å². The van der Waals surface area contributed by atoms with Crippen LogP contribution in [0, 0.1) is 11.8 Å². The molecule has 0 bridgehead atoms. The minimum absolute atomic E-state index is 0.129. The van der Waals surface area contributed by atoms with Crippen LogP contribution < -0.4 is 4.90 Å². The zero-order valence-corrected chi connectivity index (χ0v) is 11.6. The summed E-state index contributed by atoms with van der Waals surface area (Å²) >= 11 is 6.12. The summed E-state index contributed by atoms with van der Waals surface area (Å²) in [6.45, 7) is 1.91. The molecule has 3 fully saturated rings. The lowest BCUT2D eigenvalue weighted by atomic mass is 10.00. The van der Waals surface area contributed by atoms with E-state index in [0.717, 1.165) is 37.6 Å². The van der Waals surface area contributed by atoms with E-state index in [4.69, 9.17) is 11.6 Å². The summed E-state index contributed by atoms with van der Waals surface area (Å²) in [6.07, 6.45) is 4.33. The highest BCUT2D eigenvalue weighted by atomic mass is 35.5. The molecule has 1 aromatic heterocycles. The third-order valence-corrected chi connectivity index (χ3v) is 4.98. The van der Waals surface area contributed by atoms with Crippen LogP contribution in [-0.2, 0) is 0 Å². The second kappa shape index (κ2) is 4.32. The van der Waals surface area contributed by atoms with Gasteiger partial charge in [-0.2, -0.15) is 0 Å². The van der Waals surface area contributed by atoms with Crippen molar-refractivity contribution in [3.8, 4) is 0 Å². The Balaban J connectivity index is 1.59. The lowest BCUT2D eigenvalue weighted by molar-refractivity contribution is 0.133. The summed E-state index contributed by atoms with van der Waals surface area (Å²) < 4.78 is 0. The van der Waals surface area contributed by atoms with Crippen LogP contribution in [0.25, 0.3) is 0 Å². The Labute approximate surface area is 117 Å².